The van der Waals surface area contributed by atoms with Gasteiger partial charge in [-0.25, -0.2) is 0 Å². The number of rotatable bonds is 5. The molecule has 0 saturated carbocycles. The summed E-state index contributed by atoms with van der Waals surface area (Å²) in [6.07, 6.45) is 6.62. The number of aliphatic hydroxyl groups excluding tert-OH is 1. The zero-order valence-electron chi connectivity index (χ0n) is 9.83. The van der Waals surface area contributed by atoms with Crippen molar-refractivity contribution in [3.8, 4) is 0 Å². The van der Waals surface area contributed by atoms with E-state index in [0.717, 1.165) is 38.6 Å². The third-order valence-corrected chi connectivity index (χ3v) is 3.45. The summed E-state index contributed by atoms with van der Waals surface area (Å²) >= 11 is 5.59. The number of carbonyl (C=O) groups excluding carboxylic acids is 1. The first-order valence-corrected chi connectivity index (χ1v) is 6.79. The molecular formula is C12H22ClNO2. The van der Waals surface area contributed by atoms with E-state index in [-0.39, 0.29) is 18.6 Å². The second kappa shape index (κ2) is 7.91. The van der Waals surface area contributed by atoms with E-state index < -0.39 is 0 Å². The Morgan fingerprint density at radius 1 is 1.31 bits per heavy atom. The van der Waals surface area contributed by atoms with Crippen LogP contribution in [0.25, 0.3) is 0 Å². The maximum atomic E-state index is 12.0. The van der Waals surface area contributed by atoms with E-state index in [2.05, 4.69) is 0 Å². The van der Waals surface area contributed by atoms with Crippen LogP contribution in [0, 0.1) is 0 Å². The fraction of sp³-hybridized carbons (Fsp3) is 0.917. The van der Waals surface area contributed by atoms with E-state index >= 15 is 0 Å². The lowest BCUT2D eigenvalue weighted by molar-refractivity contribution is -0.134. The van der Waals surface area contributed by atoms with Crippen LogP contribution < -0.4 is 0 Å². The lowest BCUT2D eigenvalue weighted by atomic mass is 10.1. The molecule has 4 heteroatoms. The third kappa shape index (κ3) is 4.30. The van der Waals surface area contributed by atoms with Crippen molar-refractivity contribution >= 4 is 17.5 Å². The maximum absolute atomic E-state index is 12.0. The first kappa shape index (κ1) is 13.8. The molecule has 1 amide bonds. The van der Waals surface area contributed by atoms with Gasteiger partial charge >= 0.3 is 0 Å². The molecule has 0 aromatic heterocycles. The highest BCUT2D eigenvalue weighted by molar-refractivity contribution is 6.17. The van der Waals surface area contributed by atoms with Crippen LogP contribution in [0.3, 0.4) is 0 Å². The standard InChI is InChI=1S/C12H22ClNO2/c13-8-4-3-7-12(16)14-9-5-1-2-6-11(14)10-15/h11,15H,1-10H2. The van der Waals surface area contributed by atoms with Crippen molar-refractivity contribution in [3.05, 3.63) is 0 Å². The highest BCUT2D eigenvalue weighted by Gasteiger charge is 2.23. The van der Waals surface area contributed by atoms with Crippen LogP contribution in [-0.4, -0.2) is 41.0 Å². The monoisotopic (exact) mass is 247 g/mol. The summed E-state index contributed by atoms with van der Waals surface area (Å²) in [4.78, 5) is 13.8. The Morgan fingerprint density at radius 3 is 2.81 bits per heavy atom. The Morgan fingerprint density at radius 2 is 2.12 bits per heavy atom. The van der Waals surface area contributed by atoms with Crippen LogP contribution >= 0.6 is 11.6 Å². The molecule has 0 radical (unpaired) electrons. The minimum atomic E-state index is 0.0472. The number of hydrogen-bond donors (Lipinski definition) is 1. The molecule has 0 aliphatic carbocycles. The first-order chi connectivity index (χ1) is 7.79. The summed E-state index contributed by atoms with van der Waals surface area (Å²) in [5.41, 5.74) is 0. The number of unbranched alkanes of at least 4 members (excludes halogenated alkanes) is 1. The molecule has 94 valence electrons. The average molecular weight is 248 g/mol. The molecule has 1 aliphatic heterocycles. The number of aliphatic hydroxyl groups is 1. The van der Waals surface area contributed by atoms with Gasteiger partial charge < -0.3 is 10.0 Å². The molecule has 1 unspecified atom stereocenters. The van der Waals surface area contributed by atoms with Crippen LogP contribution in [0.4, 0.5) is 0 Å². The van der Waals surface area contributed by atoms with Crippen LogP contribution in [0.15, 0.2) is 0 Å². The van der Waals surface area contributed by atoms with E-state index in [1.165, 1.54) is 6.42 Å². The molecule has 0 aromatic carbocycles. The molecule has 0 aromatic rings. The number of carbonyl (C=O) groups is 1. The molecule has 1 N–H and O–H groups in total. The molecule has 3 nitrogen and oxygen atoms in total. The summed E-state index contributed by atoms with van der Waals surface area (Å²) < 4.78 is 0. The Hall–Kier alpha value is -0.280. The van der Waals surface area contributed by atoms with Crippen molar-refractivity contribution in [1.29, 1.82) is 0 Å². The van der Waals surface area contributed by atoms with Gasteiger partial charge in [0.2, 0.25) is 5.91 Å². The molecule has 1 saturated heterocycles. The van der Waals surface area contributed by atoms with Crippen LogP contribution in [0.2, 0.25) is 0 Å². The second-order valence-electron chi connectivity index (χ2n) is 4.42. The van der Waals surface area contributed by atoms with E-state index in [4.69, 9.17) is 11.6 Å². The van der Waals surface area contributed by atoms with Crippen molar-refractivity contribution in [2.45, 2.75) is 51.0 Å². The Bertz CT molecular complexity index is 211. The minimum Gasteiger partial charge on any atom is -0.394 e. The van der Waals surface area contributed by atoms with Gasteiger partial charge in [0.1, 0.15) is 0 Å². The highest BCUT2D eigenvalue weighted by atomic mass is 35.5. The predicted molar refractivity (Wildman–Crippen MR) is 65.6 cm³/mol. The molecular weight excluding hydrogens is 226 g/mol. The number of amides is 1. The second-order valence-corrected chi connectivity index (χ2v) is 4.80. The summed E-state index contributed by atoms with van der Waals surface area (Å²) in [7, 11) is 0. The van der Waals surface area contributed by atoms with Crippen molar-refractivity contribution in [3.63, 3.8) is 0 Å². The first-order valence-electron chi connectivity index (χ1n) is 6.26. The summed E-state index contributed by atoms with van der Waals surface area (Å²) in [6, 6.07) is 0.0472. The smallest absolute Gasteiger partial charge is 0.222 e. The van der Waals surface area contributed by atoms with E-state index in [1.54, 1.807) is 0 Å². The average Bonchev–Trinajstić information content (AvgIpc) is 2.54. The number of nitrogens with zero attached hydrogens (tertiary/aromatic N) is 1. The van der Waals surface area contributed by atoms with Crippen molar-refractivity contribution in [1.82, 2.24) is 4.90 Å². The molecule has 1 heterocycles. The SMILES string of the molecule is O=C(CCCCCl)N1CCCCCC1CO. The fourth-order valence-electron chi connectivity index (χ4n) is 2.21. The van der Waals surface area contributed by atoms with E-state index in [9.17, 15) is 9.90 Å². The van der Waals surface area contributed by atoms with E-state index in [1.807, 2.05) is 4.90 Å². The van der Waals surface area contributed by atoms with Gasteiger partial charge in [-0.3, -0.25) is 4.79 Å². The van der Waals surface area contributed by atoms with Crippen LogP contribution in [0.5, 0.6) is 0 Å². The number of alkyl halides is 1. The summed E-state index contributed by atoms with van der Waals surface area (Å²) in [6.45, 7) is 0.909. The number of likely N-dealkylation sites (tertiary alicyclic amines) is 1. The Labute approximate surface area is 103 Å². The van der Waals surface area contributed by atoms with E-state index in [0.29, 0.717) is 12.3 Å². The molecule has 16 heavy (non-hydrogen) atoms. The maximum Gasteiger partial charge on any atom is 0.222 e. The molecule has 1 rings (SSSR count). The quantitative estimate of drug-likeness (QED) is 0.598. The van der Waals surface area contributed by atoms with Gasteiger partial charge in [0, 0.05) is 18.8 Å². The molecule has 0 bridgehead atoms. The Kier molecular flexibility index (Phi) is 6.81. The van der Waals surface area contributed by atoms with Gasteiger partial charge in [0.25, 0.3) is 0 Å². The van der Waals surface area contributed by atoms with Crippen LogP contribution in [-0.2, 0) is 4.79 Å². The highest BCUT2D eigenvalue weighted by Crippen LogP contribution is 2.18. The van der Waals surface area contributed by atoms with Gasteiger partial charge in [-0.15, -0.1) is 11.6 Å². The molecule has 1 fully saturated rings. The zero-order valence-corrected chi connectivity index (χ0v) is 10.6. The number of hydrogen-bond acceptors (Lipinski definition) is 2. The molecule has 1 atom stereocenters. The van der Waals surface area contributed by atoms with Gasteiger partial charge in [-0.1, -0.05) is 12.8 Å². The van der Waals surface area contributed by atoms with Crippen molar-refractivity contribution in [2.24, 2.45) is 0 Å². The lowest BCUT2D eigenvalue weighted by Crippen LogP contribution is -2.42. The number of halogens is 1. The zero-order chi connectivity index (χ0) is 11.8. The Balaban J connectivity index is 2.42. The summed E-state index contributed by atoms with van der Waals surface area (Å²) in [5, 5.41) is 9.29. The molecule has 1 aliphatic rings. The summed E-state index contributed by atoms with van der Waals surface area (Å²) in [5.74, 6) is 0.808. The topological polar surface area (TPSA) is 40.5 Å². The van der Waals surface area contributed by atoms with Gasteiger partial charge in [-0.2, -0.15) is 0 Å². The van der Waals surface area contributed by atoms with Gasteiger partial charge in [-0.05, 0) is 25.7 Å². The van der Waals surface area contributed by atoms with Gasteiger partial charge in [0.05, 0.1) is 12.6 Å². The normalized spacial score (nSPS) is 21.9. The lowest BCUT2D eigenvalue weighted by Gasteiger charge is -2.28. The molecule has 0 spiro atoms. The largest absolute Gasteiger partial charge is 0.394 e. The third-order valence-electron chi connectivity index (χ3n) is 3.18. The van der Waals surface area contributed by atoms with Crippen LogP contribution in [0.1, 0.15) is 44.9 Å². The fourth-order valence-corrected chi connectivity index (χ4v) is 2.40. The van der Waals surface area contributed by atoms with Gasteiger partial charge in [0.15, 0.2) is 0 Å². The predicted octanol–water partition coefficient (Wildman–Crippen LogP) is 2.16. The minimum absolute atomic E-state index is 0.0472. The van der Waals surface area contributed by atoms with Crippen molar-refractivity contribution < 1.29 is 9.90 Å². The van der Waals surface area contributed by atoms with Crippen molar-refractivity contribution in [2.75, 3.05) is 19.0 Å².